The van der Waals surface area contributed by atoms with E-state index < -0.39 is 0 Å². The second-order valence-corrected chi connectivity index (χ2v) is 4.05. The van der Waals surface area contributed by atoms with Crippen LogP contribution < -0.4 is 0 Å². The number of hydrogen-bond donors (Lipinski definition) is 1. The molecule has 2 heteroatoms. The van der Waals surface area contributed by atoms with Crippen molar-refractivity contribution < 1.29 is 5.11 Å². The standard InChI is InChI=1S/C13H21NO/c1-3-6-11(2)12(8-10-15)13-7-4-5-9-14-13/h3,8,11,15H,1,4-7,9-10H2,2H3/b12-8+. The van der Waals surface area contributed by atoms with Gasteiger partial charge in [-0.2, -0.15) is 0 Å². The minimum atomic E-state index is 0.107. The van der Waals surface area contributed by atoms with E-state index in [1.807, 2.05) is 12.2 Å². The van der Waals surface area contributed by atoms with Gasteiger partial charge >= 0.3 is 0 Å². The maximum absolute atomic E-state index is 9.03. The number of aliphatic hydroxyl groups is 1. The van der Waals surface area contributed by atoms with Crippen LogP contribution in [0, 0.1) is 5.92 Å². The Kier molecular flexibility index (Phi) is 5.33. The van der Waals surface area contributed by atoms with Crippen LogP contribution in [0.2, 0.25) is 0 Å². The molecule has 15 heavy (non-hydrogen) atoms. The lowest BCUT2D eigenvalue weighted by Crippen LogP contribution is -2.15. The highest BCUT2D eigenvalue weighted by molar-refractivity contribution is 6.00. The molecular weight excluding hydrogens is 186 g/mol. The third kappa shape index (κ3) is 3.63. The minimum Gasteiger partial charge on any atom is -0.392 e. The maximum Gasteiger partial charge on any atom is 0.0618 e. The average molecular weight is 207 g/mol. The summed E-state index contributed by atoms with van der Waals surface area (Å²) in [5.74, 6) is 0.423. The van der Waals surface area contributed by atoms with E-state index in [2.05, 4.69) is 18.5 Å². The molecule has 1 aliphatic rings. The van der Waals surface area contributed by atoms with E-state index in [0.29, 0.717) is 5.92 Å². The molecule has 2 nitrogen and oxygen atoms in total. The Morgan fingerprint density at radius 2 is 2.40 bits per heavy atom. The number of hydrogen-bond acceptors (Lipinski definition) is 2. The lowest BCUT2D eigenvalue weighted by molar-refractivity contribution is 0.341. The van der Waals surface area contributed by atoms with Gasteiger partial charge in [-0.3, -0.25) is 4.99 Å². The summed E-state index contributed by atoms with van der Waals surface area (Å²) in [4.78, 5) is 4.55. The Balaban J connectivity index is 2.76. The second kappa shape index (κ2) is 6.57. The molecule has 0 saturated heterocycles. The van der Waals surface area contributed by atoms with Crippen molar-refractivity contribution in [2.24, 2.45) is 10.9 Å². The monoisotopic (exact) mass is 207 g/mol. The number of aliphatic hydroxyl groups excluding tert-OH is 1. The van der Waals surface area contributed by atoms with Crippen molar-refractivity contribution in [1.82, 2.24) is 0 Å². The highest BCUT2D eigenvalue weighted by Gasteiger charge is 2.15. The molecule has 0 aromatic carbocycles. The Labute approximate surface area is 92.4 Å². The predicted molar refractivity (Wildman–Crippen MR) is 65.3 cm³/mol. The van der Waals surface area contributed by atoms with Gasteiger partial charge in [0.25, 0.3) is 0 Å². The van der Waals surface area contributed by atoms with Gasteiger partial charge < -0.3 is 5.11 Å². The third-order valence-electron chi connectivity index (χ3n) is 2.82. The van der Waals surface area contributed by atoms with Crippen molar-refractivity contribution in [2.75, 3.05) is 13.2 Å². The Morgan fingerprint density at radius 1 is 1.60 bits per heavy atom. The van der Waals surface area contributed by atoms with Crippen LogP contribution in [-0.2, 0) is 0 Å². The van der Waals surface area contributed by atoms with Crippen molar-refractivity contribution in [3.63, 3.8) is 0 Å². The molecule has 0 aromatic heterocycles. The smallest absolute Gasteiger partial charge is 0.0618 e. The molecule has 0 saturated carbocycles. The van der Waals surface area contributed by atoms with E-state index in [4.69, 9.17) is 5.11 Å². The van der Waals surface area contributed by atoms with Crippen LogP contribution in [0.15, 0.2) is 29.3 Å². The SMILES string of the molecule is C=CCC(C)/C(=C\CO)C1=NCCCC1. The van der Waals surface area contributed by atoms with Crippen molar-refractivity contribution in [1.29, 1.82) is 0 Å². The quantitative estimate of drug-likeness (QED) is 0.691. The van der Waals surface area contributed by atoms with E-state index in [1.165, 1.54) is 24.1 Å². The molecule has 1 heterocycles. The van der Waals surface area contributed by atoms with E-state index in [9.17, 15) is 0 Å². The molecule has 0 amide bonds. The topological polar surface area (TPSA) is 32.6 Å². The predicted octanol–water partition coefficient (Wildman–Crippen LogP) is 2.74. The summed E-state index contributed by atoms with van der Waals surface area (Å²) < 4.78 is 0. The molecule has 84 valence electrons. The lowest BCUT2D eigenvalue weighted by atomic mass is 9.90. The Morgan fingerprint density at radius 3 is 2.93 bits per heavy atom. The van der Waals surface area contributed by atoms with Gasteiger partial charge in [-0.15, -0.1) is 6.58 Å². The van der Waals surface area contributed by atoms with Gasteiger partial charge in [0.2, 0.25) is 0 Å². The first-order valence-corrected chi connectivity index (χ1v) is 5.75. The van der Waals surface area contributed by atoms with Crippen LogP contribution >= 0.6 is 0 Å². The van der Waals surface area contributed by atoms with Crippen LogP contribution in [0.1, 0.15) is 32.6 Å². The fraction of sp³-hybridized carbons (Fsp3) is 0.615. The summed E-state index contributed by atoms with van der Waals surface area (Å²) in [5, 5.41) is 9.03. The molecule has 0 aromatic rings. The molecule has 0 bridgehead atoms. The second-order valence-electron chi connectivity index (χ2n) is 4.05. The van der Waals surface area contributed by atoms with Crippen LogP contribution in [0.25, 0.3) is 0 Å². The van der Waals surface area contributed by atoms with Gasteiger partial charge in [0.15, 0.2) is 0 Å². The highest BCUT2D eigenvalue weighted by atomic mass is 16.2. The molecular formula is C13H21NO. The highest BCUT2D eigenvalue weighted by Crippen LogP contribution is 2.21. The Bertz CT molecular complexity index is 266. The van der Waals surface area contributed by atoms with Gasteiger partial charge in [0.1, 0.15) is 0 Å². The number of rotatable bonds is 5. The summed E-state index contributed by atoms with van der Waals surface area (Å²) in [7, 11) is 0. The largest absolute Gasteiger partial charge is 0.392 e. The van der Waals surface area contributed by atoms with E-state index in [-0.39, 0.29) is 6.61 Å². The van der Waals surface area contributed by atoms with Crippen LogP contribution in [0.5, 0.6) is 0 Å². The Hall–Kier alpha value is -0.890. The van der Waals surface area contributed by atoms with Crippen LogP contribution in [0.4, 0.5) is 0 Å². The first kappa shape index (κ1) is 12.2. The van der Waals surface area contributed by atoms with Gasteiger partial charge in [0, 0.05) is 12.3 Å². The average Bonchev–Trinajstić information content (AvgIpc) is 2.27. The first-order chi connectivity index (χ1) is 7.29. The van der Waals surface area contributed by atoms with Crippen molar-refractivity contribution in [3.05, 3.63) is 24.3 Å². The first-order valence-electron chi connectivity index (χ1n) is 5.75. The minimum absolute atomic E-state index is 0.107. The zero-order valence-electron chi connectivity index (χ0n) is 9.58. The van der Waals surface area contributed by atoms with E-state index in [1.54, 1.807) is 0 Å². The molecule has 0 radical (unpaired) electrons. The molecule has 1 unspecified atom stereocenters. The number of aliphatic imine (C=N–C) groups is 1. The molecule has 0 fully saturated rings. The maximum atomic E-state index is 9.03. The summed E-state index contributed by atoms with van der Waals surface area (Å²) >= 11 is 0. The van der Waals surface area contributed by atoms with Gasteiger partial charge in [0.05, 0.1) is 6.61 Å². The number of allylic oxidation sites excluding steroid dienone is 2. The molecule has 1 rings (SSSR count). The van der Waals surface area contributed by atoms with Crippen molar-refractivity contribution in [3.8, 4) is 0 Å². The van der Waals surface area contributed by atoms with Gasteiger partial charge in [-0.1, -0.05) is 19.1 Å². The zero-order chi connectivity index (χ0) is 11.1. The summed E-state index contributed by atoms with van der Waals surface area (Å²) in [6.07, 6.45) is 8.27. The molecule has 1 aliphatic heterocycles. The lowest BCUT2D eigenvalue weighted by Gasteiger charge is -2.19. The molecule has 0 aliphatic carbocycles. The number of nitrogens with zero attached hydrogens (tertiary/aromatic N) is 1. The van der Waals surface area contributed by atoms with Crippen LogP contribution in [-0.4, -0.2) is 24.0 Å². The fourth-order valence-electron chi connectivity index (χ4n) is 2.01. The molecule has 1 atom stereocenters. The molecule has 0 spiro atoms. The zero-order valence-corrected chi connectivity index (χ0v) is 9.58. The summed E-state index contributed by atoms with van der Waals surface area (Å²) in [6.45, 7) is 6.98. The van der Waals surface area contributed by atoms with E-state index >= 15 is 0 Å². The van der Waals surface area contributed by atoms with Gasteiger partial charge in [-0.25, -0.2) is 0 Å². The molecule has 1 N–H and O–H groups in total. The third-order valence-corrected chi connectivity index (χ3v) is 2.82. The van der Waals surface area contributed by atoms with Crippen molar-refractivity contribution in [2.45, 2.75) is 32.6 Å². The fourth-order valence-corrected chi connectivity index (χ4v) is 2.01. The van der Waals surface area contributed by atoms with Crippen LogP contribution in [0.3, 0.4) is 0 Å². The normalized spacial score (nSPS) is 19.6. The van der Waals surface area contributed by atoms with Gasteiger partial charge in [-0.05, 0) is 37.2 Å². The van der Waals surface area contributed by atoms with E-state index in [0.717, 1.165) is 19.4 Å². The summed E-state index contributed by atoms with van der Waals surface area (Å²) in [5.41, 5.74) is 2.42. The van der Waals surface area contributed by atoms with Crippen molar-refractivity contribution >= 4 is 5.71 Å². The summed E-state index contributed by atoms with van der Waals surface area (Å²) in [6, 6.07) is 0.